The standard InChI is InChI=1S/C21H32N2O4/c1-27-19(25)17-4-2-3-7-23(17)18(24)5-6-22-20(26)21-11-14-8-15(12-21)10-16(9-14)13-21/h14-17H,2-13H2,1H3,(H,22,26). The molecule has 4 aliphatic carbocycles. The van der Waals surface area contributed by atoms with Crippen molar-refractivity contribution in [2.24, 2.45) is 23.2 Å². The molecule has 1 atom stereocenters. The molecule has 2 amide bonds. The van der Waals surface area contributed by atoms with Crippen LogP contribution in [0.3, 0.4) is 0 Å². The molecule has 5 aliphatic rings. The highest BCUT2D eigenvalue weighted by atomic mass is 16.5. The molecule has 1 aliphatic heterocycles. The van der Waals surface area contributed by atoms with Crippen molar-refractivity contribution < 1.29 is 19.1 Å². The smallest absolute Gasteiger partial charge is 0.328 e. The number of carbonyl (C=O) groups excluding carboxylic acids is 3. The first-order valence-electron chi connectivity index (χ1n) is 10.7. The lowest BCUT2D eigenvalue weighted by Gasteiger charge is -2.55. The molecule has 1 heterocycles. The predicted molar refractivity (Wildman–Crippen MR) is 99.6 cm³/mol. The van der Waals surface area contributed by atoms with Gasteiger partial charge in [-0.3, -0.25) is 9.59 Å². The minimum absolute atomic E-state index is 0.0593. The third kappa shape index (κ3) is 3.59. The summed E-state index contributed by atoms with van der Waals surface area (Å²) < 4.78 is 4.85. The highest BCUT2D eigenvalue weighted by molar-refractivity contribution is 5.86. The number of nitrogens with zero attached hydrogens (tertiary/aromatic N) is 1. The van der Waals surface area contributed by atoms with Gasteiger partial charge in [-0.2, -0.15) is 0 Å². The van der Waals surface area contributed by atoms with Crippen LogP contribution >= 0.6 is 0 Å². The first-order chi connectivity index (χ1) is 13.0. The van der Waals surface area contributed by atoms with Crippen LogP contribution in [0.15, 0.2) is 0 Å². The number of rotatable bonds is 5. The molecule has 0 aromatic carbocycles. The van der Waals surface area contributed by atoms with Crippen LogP contribution in [0.4, 0.5) is 0 Å². The topological polar surface area (TPSA) is 75.7 Å². The van der Waals surface area contributed by atoms with E-state index in [1.54, 1.807) is 4.90 Å². The zero-order valence-corrected chi connectivity index (χ0v) is 16.4. The zero-order chi connectivity index (χ0) is 19.0. The van der Waals surface area contributed by atoms with Gasteiger partial charge in [0.25, 0.3) is 0 Å². The second-order valence-electron chi connectivity index (χ2n) is 9.33. The van der Waals surface area contributed by atoms with Gasteiger partial charge in [0.05, 0.1) is 7.11 Å². The Hall–Kier alpha value is -1.59. The molecule has 4 bridgehead atoms. The molecule has 1 unspecified atom stereocenters. The van der Waals surface area contributed by atoms with Crippen LogP contribution in [-0.4, -0.2) is 48.9 Å². The van der Waals surface area contributed by atoms with Gasteiger partial charge in [-0.15, -0.1) is 0 Å². The number of amides is 2. The molecular formula is C21H32N2O4. The molecular weight excluding hydrogens is 344 g/mol. The molecule has 0 radical (unpaired) electrons. The third-order valence-electron chi connectivity index (χ3n) is 7.44. The van der Waals surface area contributed by atoms with Gasteiger partial charge in [0.1, 0.15) is 6.04 Å². The van der Waals surface area contributed by atoms with Crippen molar-refractivity contribution in [2.75, 3.05) is 20.2 Å². The number of methoxy groups -OCH3 is 1. The van der Waals surface area contributed by atoms with Gasteiger partial charge < -0.3 is 15.0 Å². The van der Waals surface area contributed by atoms with Crippen molar-refractivity contribution in [3.05, 3.63) is 0 Å². The Morgan fingerprint density at radius 2 is 1.67 bits per heavy atom. The van der Waals surface area contributed by atoms with E-state index in [9.17, 15) is 14.4 Å². The van der Waals surface area contributed by atoms with Crippen LogP contribution in [0.2, 0.25) is 0 Å². The van der Waals surface area contributed by atoms with E-state index in [0.717, 1.165) is 49.9 Å². The third-order valence-corrected chi connectivity index (χ3v) is 7.44. The highest BCUT2D eigenvalue weighted by Crippen LogP contribution is 2.60. The van der Waals surface area contributed by atoms with Crippen LogP contribution in [0.1, 0.15) is 64.2 Å². The van der Waals surface area contributed by atoms with Crippen molar-refractivity contribution in [1.82, 2.24) is 10.2 Å². The molecule has 1 saturated heterocycles. The maximum absolute atomic E-state index is 13.0. The summed E-state index contributed by atoms with van der Waals surface area (Å²) in [7, 11) is 1.37. The van der Waals surface area contributed by atoms with Crippen molar-refractivity contribution >= 4 is 17.8 Å². The molecule has 5 rings (SSSR count). The molecule has 6 heteroatoms. The van der Waals surface area contributed by atoms with Crippen molar-refractivity contribution in [2.45, 2.75) is 70.3 Å². The van der Waals surface area contributed by atoms with Crippen LogP contribution < -0.4 is 5.32 Å². The van der Waals surface area contributed by atoms with Gasteiger partial charge in [-0.25, -0.2) is 4.79 Å². The van der Waals surface area contributed by atoms with Crippen LogP contribution in [0, 0.1) is 23.2 Å². The quantitative estimate of drug-likeness (QED) is 0.747. The first kappa shape index (κ1) is 18.8. The van der Waals surface area contributed by atoms with Gasteiger partial charge in [0.2, 0.25) is 11.8 Å². The van der Waals surface area contributed by atoms with Crippen LogP contribution in [0.25, 0.3) is 0 Å². The fourth-order valence-electron chi connectivity index (χ4n) is 6.61. The number of carbonyl (C=O) groups is 3. The van der Waals surface area contributed by atoms with Crippen molar-refractivity contribution in [3.63, 3.8) is 0 Å². The second kappa shape index (κ2) is 7.44. The minimum Gasteiger partial charge on any atom is -0.467 e. The van der Waals surface area contributed by atoms with Gasteiger partial charge in [-0.1, -0.05) is 0 Å². The summed E-state index contributed by atoms with van der Waals surface area (Å²) in [4.78, 5) is 39.2. The van der Waals surface area contributed by atoms with E-state index in [1.165, 1.54) is 26.4 Å². The SMILES string of the molecule is COC(=O)C1CCCCN1C(=O)CCNC(=O)C12CC3CC(CC(C3)C1)C2. The Kier molecular flexibility index (Phi) is 5.17. The van der Waals surface area contributed by atoms with E-state index in [4.69, 9.17) is 4.74 Å². The van der Waals surface area contributed by atoms with E-state index >= 15 is 0 Å². The number of esters is 1. The Morgan fingerprint density at radius 3 is 2.26 bits per heavy atom. The maximum atomic E-state index is 13.0. The number of hydrogen-bond acceptors (Lipinski definition) is 4. The van der Waals surface area contributed by atoms with Gasteiger partial charge in [0.15, 0.2) is 0 Å². The minimum atomic E-state index is -0.463. The van der Waals surface area contributed by atoms with E-state index < -0.39 is 6.04 Å². The summed E-state index contributed by atoms with van der Waals surface area (Å²) >= 11 is 0. The molecule has 1 N–H and O–H groups in total. The van der Waals surface area contributed by atoms with Crippen LogP contribution in [0.5, 0.6) is 0 Å². The Bertz CT molecular complexity index is 582. The number of piperidine rings is 1. The molecule has 0 spiro atoms. The van der Waals surface area contributed by atoms with Crippen molar-refractivity contribution in [3.8, 4) is 0 Å². The summed E-state index contributed by atoms with van der Waals surface area (Å²) in [6.07, 6.45) is 9.83. The van der Waals surface area contributed by atoms with Gasteiger partial charge >= 0.3 is 5.97 Å². The average Bonchev–Trinajstić information content (AvgIpc) is 2.66. The number of likely N-dealkylation sites (tertiary alicyclic amines) is 1. The Morgan fingerprint density at radius 1 is 1.04 bits per heavy atom. The summed E-state index contributed by atoms with van der Waals surface area (Å²) in [5.41, 5.74) is -0.169. The number of hydrogen-bond donors (Lipinski definition) is 1. The van der Waals surface area contributed by atoms with E-state index in [0.29, 0.717) is 19.5 Å². The van der Waals surface area contributed by atoms with Crippen LogP contribution in [-0.2, 0) is 19.1 Å². The van der Waals surface area contributed by atoms with Gasteiger partial charge in [0, 0.05) is 24.9 Å². The zero-order valence-electron chi connectivity index (χ0n) is 16.4. The fourth-order valence-corrected chi connectivity index (χ4v) is 6.61. The fraction of sp³-hybridized carbons (Fsp3) is 0.857. The molecule has 0 aromatic heterocycles. The van der Waals surface area contributed by atoms with E-state index in [-0.39, 0.29) is 29.6 Å². The lowest BCUT2D eigenvalue weighted by atomic mass is 9.49. The van der Waals surface area contributed by atoms with Gasteiger partial charge in [-0.05, 0) is 75.5 Å². The largest absolute Gasteiger partial charge is 0.467 e. The molecule has 150 valence electrons. The molecule has 6 nitrogen and oxygen atoms in total. The predicted octanol–water partition coefficient (Wildman–Crippen LogP) is 2.26. The monoisotopic (exact) mass is 376 g/mol. The van der Waals surface area contributed by atoms with E-state index in [2.05, 4.69) is 5.32 Å². The Labute approximate surface area is 161 Å². The van der Waals surface area contributed by atoms with E-state index in [1.807, 2.05) is 0 Å². The molecule has 4 saturated carbocycles. The Balaban J connectivity index is 1.30. The highest BCUT2D eigenvalue weighted by Gasteiger charge is 2.54. The first-order valence-corrected chi connectivity index (χ1v) is 10.7. The molecule has 27 heavy (non-hydrogen) atoms. The second-order valence-corrected chi connectivity index (χ2v) is 9.33. The average molecular weight is 376 g/mol. The summed E-state index contributed by atoms with van der Waals surface area (Å²) in [6, 6.07) is -0.463. The lowest BCUT2D eigenvalue weighted by molar-refractivity contribution is -0.155. The summed E-state index contributed by atoms with van der Waals surface area (Å²) in [6.45, 7) is 0.964. The summed E-state index contributed by atoms with van der Waals surface area (Å²) in [5.74, 6) is 1.97. The number of nitrogens with one attached hydrogen (secondary N) is 1. The molecule has 5 fully saturated rings. The normalized spacial score (nSPS) is 37.1. The maximum Gasteiger partial charge on any atom is 0.328 e. The number of ether oxygens (including phenoxy) is 1. The lowest BCUT2D eigenvalue weighted by Crippen LogP contribution is -2.54. The molecule has 0 aromatic rings. The summed E-state index contributed by atoms with van der Waals surface area (Å²) in [5, 5.41) is 3.07. The van der Waals surface area contributed by atoms with Crippen molar-refractivity contribution in [1.29, 1.82) is 0 Å².